The lowest BCUT2D eigenvalue weighted by atomic mass is 10.4. The highest BCUT2D eigenvalue weighted by atomic mass is 79.9. The zero-order chi connectivity index (χ0) is 14.4. The van der Waals surface area contributed by atoms with Gasteiger partial charge in [-0.3, -0.25) is 0 Å². The summed E-state index contributed by atoms with van der Waals surface area (Å²) in [5, 5.41) is 3.21. The molecule has 0 saturated heterocycles. The highest BCUT2D eigenvalue weighted by Gasteiger charge is 2.13. The number of aromatic nitrogens is 2. The second-order valence-electron chi connectivity index (χ2n) is 4.39. The topological polar surface area (TPSA) is 54.2 Å². The van der Waals surface area contributed by atoms with E-state index < -0.39 is 0 Å². The predicted octanol–water partition coefficient (Wildman–Crippen LogP) is 3.68. The van der Waals surface area contributed by atoms with Gasteiger partial charge in [0, 0.05) is 19.3 Å². The summed E-state index contributed by atoms with van der Waals surface area (Å²) in [4.78, 5) is 11.0. The molecule has 0 spiro atoms. The Labute approximate surface area is 127 Å². The minimum atomic E-state index is 0.656. The van der Waals surface area contributed by atoms with Crippen molar-refractivity contribution in [1.82, 2.24) is 9.97 Å². The molecule has 0 aliphatic rings. The molecule has 0 amide bonds. The number of halogens is 1. The molecule has 1 N–H and O–H groups in total. The smallest absolute Gasteiger partial charge is 0.224 e. The second kappa shape index (κ2) is 7.28. The third-order valence-electron chi connectivity index (χ3n) is 2.87. The predicted molar refractivity (Wildman–Crippen MR) is 83.9 cm³/mol. The molecule has 6 heteroatoms. The van der Waals surface area contributed by atoms with Crippen LogP contribution in [-0.4, -0.2) is 23.1 Å². The maximum Gasteiger partial charge on any atom is 0.224 e. The maximum absolute atomic E-state index is 5.41. The van der Waals surface area contributed by atoms with E-state index in [0.717, 1.165) is 35.6 Å². The summed E-state index contributed by atoms with van der Waals surface area (Å²) in [6.45, 7) is 6.60. The molecular weight excluding hydrogens is 320 g/mol. The van der Waals surface area contributed by atoms with E-state index in [1.54, 1.807) is 12.5 Å². The van der Waals surface area contributed by atoms with Gasteiger partial charge in [-0.25, -0.2) is 4.98 Å². The molecule has 0 radical (unpaired) electrons. The van der Waals surface area contributed by atoms with Crippen LogP contribution < -0.4 is 10.2 Å². The van der Waals surface area contributed by atoms with Gasteiger partial charge in [0.2, 0.25) is 5.95 Å². The summed E-state index contributed by atoms with van der Waals surface area (Å²) < 4.78 is 6.29. The summed E-state index contributed by atoms with van der Waals surface area (Å²) in [5.41, 5.74) is 0. The number of anilines is 2. The van der Waals surface area contributed by atoms with Crippen molar-refractivity contribution in [2.24, 2.45) is 0 Å². The Morgan fingerprint density at radius 3 is 2.90 bits per heavy atom. The van der Waals surface area contributed by atoms with Gasteiger partial charge in [0.15, 0.2) is 0 Å². The van der Waals surface area contributed by atoms with Crippen LogP contribution in [0.2, 0.25) is 0 Å². The molecule has 0 fully saturated rings. The molecule has 0 aliphatic heterocycles. The molecule has 2 rings (SSSR count). The lowest BCUT2D eigenvalue weighted by Crippen LogP contribution is -2.24. The average molecular weight is 339 g/mol. The molecule has 0 aliphatic carbocycles. The lowest BCUT2D eigenvalue weighted by Gasteiger charge is -2.22. The van der Waals surface area contributed by atoms with Gasteiger partial charge in [-0.1, -0.05) is 6.92 Å². The molecule has 108 valence electrons. The fraction of sp³-hybridized carbons (Fsp3) is 0.429. The standard InChI is InChI=1S/C14H19BrN4O/c1-3-7-16-14-17-9-12(15)13(18-14)19(4-2)10-11-6-5-8-20-11/h5-6,8-9H,3-4,7,10H2,1-2H3,(H,16,17,18). The van der Waals surface area contributed by atoms with Gasteiger partial charge in [0.05, 0.1) is 17.3 Å². The minimum absolute atomic E-state index is 0.656. The molecule has 0 aromatic carbocycles. The van der Waals surface area contributed by atoms with E-state index in [-0.39, 0.29) is 0 Å². The van der Waals surface area contributed by atoms with Crippen LogP contribution in [0.4, 0.5) is 11.8 Å². The van der Waals surface area contributed by atoms with E-state index in [4.69, 9.17) is 4.42 Å². The van der Waals surface area contributed by atoms with Crippen molar-refractivity contribution in [2.45, 2.75) is 26.8 Å². The summed E-state index contributed by atoms with van der Waals surface area (Å²) in [7, 11) is 0. The van der Waals surface area contributed by atoms with Crippen LogP contribution in [-0.2, 0) is 6.54 Å². The van der Waals surface area contributed by atoms with Gasteiger partial charge in [0.1, 0.15) is 11.6 Å². The first kappa shape index (κ1) is 14.8. The van der Waals surface area contributed by atoms with Crippen molar-refractivity contribution >= 4 is 27.7 Å². The summed E-state index contributed by atoms with van der Waals surface area (Å²) >= 11 is 3.52. The summed E-state index contributed by atoms with van der Waals surface area (Å²) in [6.07, 6.45) is 4.51. The third kappa shape index (κ3) is 3.72. The van der Waals surface area contributed by atoms with Gasteiger partial charge < -0.3 is 14.6 Å². The van der Waals surface area contributed by atoms with E-state index in [1.807, 2.05) is 12.1 Å². The number of nitrogens with zero attached hydrogens (tertiary/aromatic N) is 3. The highest BCUT2D eigenvalue weighted by Crippen LogP contribution is 2.25. The maximum atomic E-state index is 5.41. The molecule has 20 heavy (non-hydrogen) atoms. The van der Waals surface area contributed by atoms with Crippen LogP contribution in [0.15, 0.2) is 33.5 Å². The minimum Gasteiger partial charge on any atom is -0.467 e. The Kier molecular flexibility index (Phi) is 5.40. The third-order valence-corrected chi connectivity index (χ3v) is 3.43. The lowest BCUT2D eigenvalue weighted by molar-refractivity contribution is 0.502. The molecule has 0 bridgehead atoms. The van der Waals surface area contributed by atoms with Gasteiger partial charge in [-0.05, 0) is 41.4 Å². The SMILES string of the molecule is CCCNc1ncc(Br)c(N(CC)Cc2ccco2)n1. The van der Waals surface area contributed by atoms with Crippen LogP contribution >= 0.6 is 15.9 Å². The molecule has 0 saturated carbocycles. The monoisotopic (exact) mass is 338 g/mol. The second-order valence-corrected chi connectivity index (χ2v) is 5.24. The Bertz CT molecular complexity index is 530. The number of rotatable bonds is 7. The fourth-order valence-electron chi connectivity index (χ4n) is 1.83. The summed E-state index contributed by atoms with van der Waals surface area (Å²) in [5.74, 6) is 2.45. The molecule has 2 aromatic heterocycles. The number of hydrogen-bond acceptors (Lipinski definition) is 5. The molecule has 2 heterocycles. The van der Waals surface area contributed by atoms with E-state index in [0.29, 0.717) is 12.5 Å². The van der Waals surface area contributed by atoms with E-state index in [9.17, 15) is 0 Å². The van der Waals surface area contributed by atoms with Crippen LogP contribution in [0.1, 0.15) is 26.0 Å². The Balaban J connectivity index is 2.19. The Morgan fingerprint density at radius 1 is 1.40 bits per heavy atom. The van der Waals surface area contributed by atoms with Crippen molar-refractivity contribution in [3.8, 4) is 0 Å². The average Bonchev–Trinajstić information content (AvgIpc) is 2.97. The van der Waals surface area contributed by atoms with Crippen LogP contribution in [0, 0.1) is 0 Å². The van der Waals surface area contributed by atoms with Crippen molar-refractivity contribution in [2.75, 3.05) is 23.3 Å². The normalized spacial score (nSPS) is 10.6. The van der Waals surface area contributed by atoms with Crippen molar-refractivity contribution in [3.05, 3.63) is 34.8 Å². The first-order valence-corrected chi connectivity index (χ1v) is 7.57. The van der Waals surface area contributed by atoms with Crippen LogP contribution in [0.5, 0.6) is 0 Å². The number of hydrogen-bond donors (Lipinski definition) is 1. The Hall–Kier alpha value is -1.56. The van der Waals surface area contributed by atoms with Gasteiger partial charge in [-0.2, -0.15) is 4.98 Å². The summed E-state index contributed by atoms with van der Waals surface area (Å²) in [6, 6.07) is 3.86. The van der Waals surface area contributed by atoms with Gasteiger partial charge in [-0.15, -0.1) is 0 Å². The largest absolute Gasteiger partial charge is 0.467 e. The van der Waals surface area contributed by atoms with E-state index >= 15 is 0 Å². The van der Waals surface area contributed by atoms with Gasteiger partial charge in [0.25, 0.3) is 0 Å². The zero-order valence-corrected chi connectivity index (χ0v) is 13.4. The highest BCUT2D eigenvalue weighted by molar-refractivity contribution is 9.10. The Morgan fingerprint density at radius 2 is 2.25 bits per heavy atom. The molecule has 0 unspecified atom stereocenters. The first-order chi connectivity index (χ1) is 9.74. The quantitative estimate of drug-likeness (QED) is 0.834. The first-order valence-electron chi connectivity index (χ1n) is 6.78. The van der Waals surface area contributed by atoms with Crippen LogP contribution in [0.25, 0.3) is 0 Å². The fourth-order valence-corrected chi connectivity index (χ4v) is 2.27. The number of furan rings is 1. The van der Waals surface area contributed by atoms with E-state index in [1.165, 1.54) is 0 Å². The van der Waals surface area contributed by atoms with Gasteiger partial charge >= 0.3 is 0 Å². The van der Waals surface area contributed by atoms with Crippen molar-refractivity contribution < 1.29 is 4.42 Å². The van der Waals surface area contributed by atoms with Crippen molar-refractivity contribution in [1.29, 1.82) is 0 Å². The molecule has 5 nitrogen and oxygen atoms in total. The molecule has 0 atom stereocenters. The zero-order valence-electron chi connectivity index (χ0n) is 11.8. The van der Waals surface area contributed by atoms with E-state index in [2.05, 4.69) is 50.0 Å². The molecular formula is C14H19BrN4O. The molecule has 2 aromatic rings. The number of nitrogens with one attached hydrogen (secondary N) is 1. The van der Waals surface area contributed by atoms with Crippen LogP contribution in [0.3, 0.4) is 0 Å². The van der Waals surface area contributed by atoms with Crippen molar-refractivity contribution in [3.63, 3.8) is 0 Å².